The average molecular weight is 197 g/mol. The van der Waals surface area contributed by atoms with Crippen LogP contribution >= 0.6 is 11.6 Å². The van der Waals surface area contributed by atoms with Gasteiger partial charge in [-0.3, -0.25) is 0 Å². The van der Waals surface area contributed by atoms with Gasteiger partial charge in [0.2, 0.25) is 0 Å². The number of imidazole rings is 1. The first-order valence-corrected chi connectivity index (χ1v) is 4.64. The third-order valence-electron chi connectivity index (χ3n) is 1.96. The summed E-state index contributed by atoms with van der Waals surface area (Å²) in [5.74, 6) is 1.38. The molecule has 0 atom stereocenters. The van der Waals surface area contributed by atoms with Crippen molar-refractivity contribution >= 4 is 17.4 Å². The van der Waals surface area contributed by atoms with E-state index in [-0.39, 0.29) is 0 Å². The van der Waals surface area contributed by atoms with Crippen LogP contribution < -0.4 is 4.57 Å². The lowest BCUT2D eigenvalue weighted by Gasteiger charge is -1.94. The molecule has 0 aliphatic rings. The van der Waals surface area contributed by atoms with E-state index in [1.807, 2.05) is 34.6 Å². The molecule has 2 rings (SSSR count). The van der Waals surface area contributed by atoms with E-state index in [0.717, 1.165) is 11.5 Å². The van der Waals surface area contributed by atoms with E-state index in [0.29, 0.717) is 5.88 Å². The van der Waals surface area contributed by atoms with E-state index in [1.165, 1.54) is 5.56 Å². The summed E-state index contributed by atoms with van der Waals surface area (Å²) in [7, 11) is 1.98. The standard InChI is InChI=1S/C9H11ClN3/c1-7-4-12(2)9-11-8(3-10)6-13(9)5-7/h4-6H,3H2,1-2H3/q+1. The van der Waals surface area contributed by atoms with E-state index >= 15 is 0 Å². The van der Waals surface area contributed by atoms with E-state index in [9.17, 15) is 0 Å². The van der Waals surface area contributed by atoms with E-state index < -0.39 is 0 Å². The van der Waals surface area contributed by atoms with Gasteiger partial charge in [-0.2, -0.15) is 0 Å². The molecule has 4 heteroatoms. The second kappa shape index (κ2) is 3.00. The zero-order valence-electron chi connectivity index (χ0n) is 7.66. The Morgan fingerprint density at radius 1 is 1.54 bits per heavy atom. The van der Waals surface area contributed by atoms with Crippen molar-refractivity contribution in [3.63, 3.8) is 0 Å². The van der Waals surface area contributed by atoms with E-state index in [2.05, 4.69) is 11.9 Å². The van der Waals surface area contributed by atoms with Gasteiger partial charge in [-0.05, 0) is 6.92 Å². The Hall–Kier alpha value is -1.09. The van der Waals surface area contributed by atoms with Crippen LogP contribution in [-0.2, 0) is 12.9 Å². The highest BCUT2D eigenvalue weighted by Gasteiger charge is 2.11. The highest BCUT2D eigenvalue weighted by atomic mass is 35.5. The highest BCUT2D eigenvalue weighted by molar-refractivity contribution is 6.16. The van der Waals surface area contributed by atoms with Crippen LogP contribution in [0, 0.1) is 6.92 Å². The summed E-state index contributed by atoms with van der Waals surface area (Å²) in [4.78, 5) is 4.37. The molecule has 0 spiro atoms. The van der Waals surface area contributed by atoms with Gasteiger partial charge < -0.3 is 0 Å². The van der Waals surface area contributed by atoms with Gasteiger partial charge in [0.1, 0.15) is 6.20 Å². The molecule has 0 saturated heterocycles. The van der Waals surface area contributed by atoms with Gasteiger partial charge >= 0.3 is 5.78 Å². The van der Waals surface area contributed by atoms with Crippen molar-refractivity contribution in [3.05, 3.63) is 29.8 Å². The molecule has 0 saturated carbocycles. The number of aromatic nitrogens is 3. The molecule has 2 aromatic rings. The van der Waals surface area contributed by atoms with Crippen LogP contribution in [0.3, 0.4) is 0 Å². The number of halogens is 1. The van der Waals surface area contributed by atoms with Gasteiger partial charge in [0, 0.05) is 5.56 Å². The van der Waals surface area contributed by atoms with Gasteiger partial charge in [0.05, 0.1) is 25.3 Å². The minimum absolute atomic E-state index is 0.459. The fourth-order valence-corrected chi connectivity index (χ4v) is 1.60. The maximum Gasteiger partial charge on any atom is 0.403 e. The molecule has 13 heavy (non-hydrogen) atoms. The van der Waals surface area contributed by atoms with E-state index in [4.69, 9.17) is 11.6 Å². The predicted octanol–water partition coefficient (Wildman–Crippen LogP) is 1.21. The second-order valence-corrected chi connectivity index (χ2v) is 3.45. The largest absolute Gasteiger partial charge is 0.403 e. The summed E-state index contributed by atoms with van der Waals surface area (Å²) in [6.07, 6.45) is 6.04. The number of fused-ring (bicyclic) bond motifs is 1. The van der Waals surface area contributed by atoms with Crippen molar-refractivity contribution in [2.45, 2.75) is 12.8 Å². The van der Waals surface area contributed by atoms with Crippen molar-refractivity contribution in [2.24, 2.45) is 7.05 Å². The summed E-state index contributed by atoms with van der Waals surface area (Å²) in [5, 5.41) is 0. The Kier molecular flexibility index (Phi) is 1.96. The summed E-state index contributed by atoms with van der Waals surface area (Å²) < 4.78 is 3.98. The quantitative estimate of drug-likeness (QED) is 0.496. The highest BCUT2D eigenvalue weighted by Crippen LogP contribution is 2.04. The fraction of sp³-hybridized carbons (Fsp3) is 0.333. The lowest BCUT2D eigenvalue weighted by Crippen LogP contribution is -2.31. The second-order valence-electron chi connectivity index (χ2n) is 3.19. The van der Waals surface area contributed by atoms with Crippen LogP contribution in [0.4, 0.5) is 0 Å². The third kappa shape index (κ3) is 1.40. The van der Waals surface area contributed by atoms with Gasteiger partial charge in [-0.25, -0.2) is 8.97 Å². The lowest BCUT2D eigenvalue weighted by atomic mass is 10.4. The Balaban J connectivity index is 2.75. The molecular formula is C9H11ClN3+. The first kappa shape index (κ1) is 8.51. The van der Waals surface area contributed by atoms with Crippen LogP contribution in [0.2, 0.25) is 0 Å². The summed E-state index contributed by atoms with van der Waals surface area (Å²) in [6, 6.07) is 0. The van der Waals surface area contributed by atoms with Crippen LogP contribution in [-0.4, -0.2) is 9.38 Å². The average Bonchev–Trinajstić information content (AvgIpc) is 2.47. The molecule has 0 aliphatic heterocycles. The topological polar surface area (TPSA) is 21.2 Å². The maximum atomic E-state index is 5.71. The van der Waals surface area contributed by atoms with Crippen LogP contribution in [0.5, 0.6) is 0 Å². The molecule has 0 fully saturated rings. The number of hydrogen-bond acceptors (Lipinski definition) is 1. The summed E-state index contributed by atoms with van der Waals surface area (Å²) in [6.45, 7) is 2.06. The Bertz CT molecular complexity index is 447. The van der Waals surface area contributed by atoms with Gasteiger partial charge in [0.25, 0.3) is 0 Å². The molecular weight excluding hydrogens is 186 g/mol. The minimum Gasteiger partial charge on any atom is -0.237 e. The number of rotatable bonds is 1. The molecule has 0 radical (unpaired) electrons. The number of hydrogen-bond donors (Lipinski definition) is 0. The summed E-state index contributed by atoms with van der Waals surface area (Å²) >= 11 is 5.71. The molecule has 0 amide bonds. The SMILES string of the molecule is Cc1cn2cc(CCl)nc2[n+](C)c1. The zero-order valence-corrected chi connectivity index (χ0v) is 8.41. The van der Waals surface area contributed by atoms with Crippen molar-refractivity contribution in [1.29, 1.82) is 0 Å². The number of alkyl halides is 1. The molecule has 68 valence electrons. The third-order valence-corrected chi connectivity index (χ3v) is 2.23. The normalized spacial score (nSPS) is 11.0. The molecule has 0 aromatic carbocycles. The molecule has 0 unspecified atom stereocenters. The Morgan fingerprint density at radius 3 is 3.00 bits per heavy atom. The Morgan fingerprint density at radius 2 is 2.31 bits per heavy atom. The van der Waals surface area contributed by atoms with Gasteiger partial charge in [0.15, 0.2) is 5.69 Å². The molecule has 0 N–H and O–H groups in total. The van der Waals surface area contributed by atoms with Crippen LogP contribution in [0.15, 0.2) is 18.6 Å². The minimum atomic E-state index is 0.459. The number of aryl methyl sites for hydroxylation is 2. The molecule has 0 aliphatic carbocycles. The van der Waals surface area contributed by atoms with Crippen molar-refractivity contribution in [3.8, 4) is 0 Å². The zero-order chi connectivity index (χ0) is 9.42. The Labute approximate surface area is 81.6 Å². The maximum absolute atomic E-state index is 5.71. The number of nitrogens with zero attached hydrogens (tertiary/aromatic N) is 3. The van der Waals surface area contributed by atoms with E-state index in [1.54, 1.807) is 0 Å². The van der Waals surface area contributed by atoms with Crippen molar-refractivity contribution in [1.82, 2.24) is 9.38 Å². The molecule has 0 bridgehead atoms. The first-order valence-electron chi connectivity index (χ1n) is 4.10. The van der Waals surface area contributed by atoms with Crippen LogP contribution in [0.25, 0.3) is 5.78 Å². The predicted molar refractivity (Wildman–Crippen MR) is 50.7 cm³/mol. The molecule has 3 nitrogen and oxygen atoms in total. The fourth-order valence-electron chi connectivity index (χ4n) is 1.47. The molecule has 2 aromatic heterocycles. The monoisotopic (exact) mass is 196 g/mol. The smallest absolute Gasteiger partial charge is 0.237 e. The molecule has 2 heterocycles. The summed E-state index contributed by atoms with van der Waals surface area (Å²) in [5.41, 5.74) is 2.11. The van der Waals surface area contributed by atoms with Gasteiger partial charge in [-0.1, -0.05) is 4.98 Å². The van der Waals surface area contributed by atoms with Crippen molar-refractivity contribution < 1.29 is 4.57 Å². The van der Waals surface area contributed by atoms with Crippen LogP contribution in [0.1, 0.15) is 11.3 Å². The first-order chi connectivity index (χ1) is 6.20. The lowest BCUT2D eigenvalue weighted by molar-refractivity contribution is -0.650. The van der Waals surface area contributed by atoms with Crippen molar-refractivity contribution in [2.75, 3.05) is 0 Å². The van der Waals surface area contributed by atoms with Gasteiger partial charge in [-0.15, -0.1) is 11.6 Å².